The lowest BCUT2D eigenvalue weighted by Gasteiger charge is -2.24. The number of carbonyl (C=O) groups excluding carboxylic acids is 1. The van der Waals surface area contributed by atoms with Crippen LogP contribution < -0.4 is 0 Å². The van der Waals surface area contributed by atoms with Crippen LogP contribution in [-0.4, -0.2) is 56.0 Å². The molecule has 0 bridgehead atoms. The molecule has 160 valence electrons. The number of hydrogen-bond donors (Lipinski definition) is 2. The van der Waals surface area contributed by atoms with Crippen LogP contribution in [0.2, 0.25) is 0 Å². The summed E-state index contributed by atoms with van der Waals surface area (Å²) >= 11 is 3.68. The number of rotatable bonds is 8. The number of alkyl halides is 1. The first-order valence-corrected chi connectivity index (χ1v) is 12.8. The molecule has 7 heteroatoms. The number of hydrogen-bond acceptors (Lipinski definition) is 5. The summed E-state index contributed by atoms with van der Waals surface area (Å²) in [6.45, 7) is 0. The summed E-state index contributed by atoms with van der Waals surface area (Å²) in [5.74, 6) is 6.57. The summed E-state index contributed by atoms with van der Waals surface area (Å²) < 4.78 is 16.4. The van der Waals surface area contributed by atoms with Crippen LogP contribution in [0.15, 0.2) is 0 Å². The van der Waals surface area contributed by atoms with Gasteiger partial charge >= 0.3 is 5.97 Å². The Morgan fingerprint density at radius 2 is 2.00 bits per heavy atom. The van der Waals surface area contributed by atoms with Crippen molar-refractivity contribution in [2.45, 2.75) is 74.8 Å². The first kappa shape index (κ1) is 23.9. The molecule has 2 N–H and O–H groups in total. The van der Waals surface area contributed by atoms with Crippen LogP contribution in [0.4, 0.5) is 0 Å². The van der Waals surface area contributed by atoms with Gasteiger partial charge in [-0.25, -0.2) is 0 Å². The molecular formula is C21H33BrO5S. The summed E-state index contributed by atoms with van der Waals surface area (Å²) in [4.78, 5) is 11.3. The van der Waals surface area contributed by atoms with Crippen molar-refractivity contribution in [3.8, 4) is 11.8 Å². The molecule has 2 fully saturated rings. The molecule has 5 nitrogen and oxygen atoms in total. The molecule has 0 aliphatic heterocycles. The highest BCUT2D eigenvalue weighted by atomic mass is 79.9. The lowest BCUT2D eigenvalue weighted by atomic mass is 9.84. The van der Waals surface area contributed by atoms with Gasteiger partial charge in [0.2, 0.25) is 0 Å². The second-order valence-corrected chi connectivity index (χ2v) is 10.8. The van der Waals surface area contributed by atoms with Crippen LogP contribution in [0.5, 0.6) is 0 Å². The van der Waals surface area contributed by atoms with E-state index >= 15 is 0 Å². The maximum atomic E-state index is 11.8. The molecule has 28 heavy (non-hydrogen) atoms. The fourth-order valence-corrected chi connectivity index (χ4v) is 6.31. The van der Waals surface area contributed by atoms with Crippen molar-refractivity contribution < 1.29 is 24.0 Å². The second kappa shape index (κ2) is 12.3. The van der Waals surface area contributed by atoms with Crippen molar-refractivity contribution in [3.05, 3.63) is 0 Å². The maximum Gasteiger partial charge on any atom is 0.318 e. The molecule has 0 aromatic heterocycles. The first-order valence-electron chi connectivity index (χ1n) is 10.4. The van der Waals surface area contributed by atoms with Crippen molar-refractivity contribution in [3.63, 3.8) is 0 Å². The first-order chi connectivity index (χ1) is 13.4. The van der Waals surface area contributed by atoms with Gasteiger partial charge < -0.3 is 14.9 Å². The van der Waals surface area contributed by atoms with Crippen molar-refractivity contribution in [2.75, 3.05) is 18.6 Å². The second-order valence-electron chi connectivity index (χ2n) is 8.00. The van der Waals surface area contributed by atoms with Gasteiger partial charge in [-0.05, 0) is 43.9 Å². The van der Waals surface area contributed by atoms with Gasteiger partial charge in [0.25, 0.3) is 0 Å². The molecule has 0 amide bonds. The standard InChI is InChI=1S/C21H33BrO5S/c1-27-21(25)14-28(26)12-6-5-9-16-17(20(24)13-18(16)22)10-11-19(23)15-7-3-2-4-8-15/h15-20,23-24H,2-9,12-14H2,1H3/t16-,17-,18-,19?,20-,28?/m1/s1. The van der Waals surface area contributed by atoms with E-state index in [1.807, 2.05) is 0 Å². The molecule has 2 rings (SSSR count). The monoisotopic (exact) mass is 476 g/mol. The Bertz CT molecular complexity index is 581. The Balaban J connectivity index is 1.82. The normalized spacial score (nSPS) is 30.3. The van der Waals surface area contributed by atoms with Crippen LogP contribution in [0, 0.1) is 29.6 Å². The van der Waals surface area contributed by atoms with Gasteiger partial charge in [0.15, 0.2) is 0 Å². The summed E-state index contributed by atoms with van der Waals surface area (Å²) in [7, 11) is 0.112. The van der Waals surface area contributed by atoms with E-state index in [9.17, 15) is 19.2 Å². The van der Waals surface area contributed by atoms with Gasteiger partial charge in [0.1, 0.15) is 11.9 Å². The van der Waals surface area contributed by atoms with Gasteiger partial charge in [-0.2, -0.15) is 0 Å². The zero-order valence-electron chi connectivity index (χ0n) is 16.6. The Hall–Kier alpha value is -0.420. The average Bonchev–Trinajstić information content (AvgIpc) is 2.96. The molecular weight excluding hydrogens is 444 g/mol. The smallest absolute Gasteiger partial charge is 0.318 e. The van der Waals surface area contributed by atoms with Crippen molar-refractivity contribution in [2.24, 2.45) is 17.8 Å². The topological polar surface area (TPSA) is 83.8 Å². The molecule has 0 aromatic carbocycles. The van der Waals surface area contributed by atoms with Gasteiger partial charge in [-0.15, -0.1) is 0 Å². The molecule has 0 aromatic rings. The number of methoxy groups -OCH3 is 1. The third-order valence-electron chi connectivity index (χ3n) is 5.97. The maximum absolute atomic E-state index is 11.8. The number of ether oxygens (including phenoxy) is 1. The van der Waals surface area contributed by atoms with Crippen LogP contribution in [-0.2, 0) is 20.3 Å². The third kappa shape index (κ3) is 7.44. The summed E-state index contributed by atoms with van der Waals surface area (Å²) in [5, 5.41) is 20.8. The van der Waals surface area contributed by atoms with Crippen molar-refractivity contribution >= 4 is 32.7 Å². The molecule has 0 radical (unpaired) electrons. The zero-order chi connectivity index (χ0) is 20.5. The Morgan fingerprint density at radius 3 is 2.68 bits per heavy atom. The Labute approximate surface area is 179 Å². The van der Waals surface area contributed by atoms with Crippen LogP contribution in [0.1, 0.15) is 57.8 Å². The Kier molecular flexibility index (Phi) is 10.5. The van der Waals surface area contributed by atoms with Crippen molar-refractivity contribution in [1.82, 2.24) is 0 Å². The van der Waals surface area contributed by atoms with E-state index in [0.717, 1.165) is 32.1 Å². The Morgan fingerprint density at radius 1 is 1.29 bits per heavy atom. The lowest BCUT2D eigenvalue weighted by Crippen LogP contribution is -2.23. The number of esters is 1. The van der Waals surface area contributed by atoms with Gasteiger partial charge in [-0.3, -0.25) is 9.00 Å². The molecule has 2 saturated carbocycles. The molecule has 2 aliphatic rings. The van der Waals surface area contributed by atoms with Crippen molar-refractivity contribution in [1.29, 1.82) is 0 Å². The molecule has 6 atom stereocenters. The largest absolute Gasteiger partial charge is 0.468 e. The van der Waals surface area contributed by atoms with Crippen LogP contribution >= 0.6 is 15.9 Å². The predicted octanol–water partition coefficient (Wildman–Crippen LogP) is 2.78. The highest BCUT2D eigenvalue weighted by Crippen LogP contribution is 2.40. The van der Waals surface area contributed by atoms with E-state index in [-0.39, 0.29) is 28.3 Å². The molecule has 0 saturated heterocycles. The summed E-state index contributed by atoms with van der Waals surface area (Å²) in [6.07, 6.45) is 7.76. The van der Waals surface area contributed by atoms with E-state index in [0.29, 0.717) is 12.2 Å². The minimum atomic E-state index is -1.19. The molecule has 2 aliphatic carbocycles. The molecule has 0 heterocycles. The third-order valence-corrected chi connectivity index (χ3v) is 8.32. The highest BCUT2D eigenvalue weighted by Gasteiger charge is 2.40. The van der Waals surface area contributed by atoms with Crippen LogP contribution in [0.25, 0.3) is 0 Å². The fraction of sp³-hybridized carbons (Fsp3) is 0.857. The number of aliphatic hydroxyl groups excluding tert-OH is 2. The number of unbranched alkanes of at least 4 members (excludes halogenated alkanes) is 1. The average molecular weight is 477 g/mol. The quantitative estimate of drug-likeness (QED) is 0.243. The van der Waals surface area contributed by atoms with E-state index in [4.69, 9.17) is 0 Å². The minimum absolute atomic E-state index is 0.0487. The van der Waals surface area contributed by atoms with Gasteiger partial charge in [0.05, 0.1) is 19.1 Å². The number of halogens is 1. The SMILES string of the molecule is COC(=O)CS(=O)CCCC[C@@H]1[C@@H](C#CC(O)C2CCCCC2)[C@H](O)C[C@H]1Br. The van der Waals surface area contributed by atoms with Crippen LogP contribution in [0.3, 0.4) is 0 Å². The number of carbonyl (C=O) groups is 1. The number of aliphatic hydroxyl groups is 2. The van der Waals surface area contributed by atoms with E-state index in [2.05, 4.69) is 32.5 Å². The fourth-order valence-electron chi connectivity index (χ4n) is 4.28. The van der Waals surface area contributed by atoms with E-state index < -0.39 is 29.0 Å². The predicted molar refractivity (Wildman–Crippen MR) is 114 cm³/mol. The van der Waals surface area contributed by atoms with Gasteiger partial charge in [-0.1, -0.05) is 53.5 Å². The van der Waals surface area contributed by atoms with Gasteiger partial charge in [0, 0.05) is 21.4 Å². The summed E-state index contributed by atoms with van der Waals surface area (Å²) in [5.41, 5.74) is 0. The minimum Gasteiger partial charge on any atom is -0.468 e. The van der Waals surface area contributed by atoms with E-state index in [1.165, 1.54) is 26.4 Å². The summed E-state index contributed by atoms with van der Waals surface area (Å²) in [6, 6.07) is 0. The molecule has 2 unspecified atom stereocenters. The molecule has 0 spiro atoms. The zero-order valence-corrected chi connectivity index (χ0v) is 19.1. The lowest BCUT2D eigenvalue weighted by molar-refractivity contribution is -0.137. The highest BCUT2D eigenvalue weighted by molar-refractivity contribution is 9.09. The van der Waals surface area contributed by atoms with E-state index in [1.54, 1.807) is 0 Å².